The maximum atomic E-state index is 12.6. The lowest BCUT2D eigenvalue weighted by molar-refractivity contribution is -0.135. The first kappa shape index (κ1) is 14.4. The third kappa shape index (κ3) is 2.44. The van der Waals surface area contributed by atoms with Crippen molar-refractivity contribution in [1.82, 2.24) is 4.90 Å². The van der Waals surface area contributed by atoms with Gasteiger partial charge in [0.05, 0.1) is 4.87 Å². The van der Waals surface area contributed by atoms with E-state index in [0.29, 0.717) is 12.2 Å². The van der Waals surface area contributed by atoms with Gasteiger partial charge in [0.15, 0.2) is 0 Å². The Morgan fingerprint density at radius 2 is 2.19 bits per heavy atom. The largest absolute Gasteiger partial charge is 0.324 e. The molecule has 3 rings (SSSR count). The number of hydrogen-bond acceptors (Lipinski definition) is 3. The van der Waals surface area contributed by atoms with Crippen molar-refractivity contribution in [3.8, 4) is 0 Å². The number of hydrogen-bond donors (Lipinski definition) is 1. The number of nitrogens with one attached hydrogen (secondary N) is 1. The molecular formula is C16H20N2O2S. The molecule has 1 aromatic carbocycles. The molecule has 2 aliphatic heterocycles. The highest BCUT2D eigenvalue weighted by atomic mass is 32.2. The molecule has 0 unspecified atom stereocenters. The van der Waals surface area contributed by atoms with Crippen molar-refractivity contribution in [2.24, 2.45) is 0 Å². The molecule has 2 aliphatic rings. The van der Waals surface area contributed by atoms with Crippen LogP contribution in [-0.2, 0) is 9.59 Å². The van der Waals surface area contributed by atoms with Gasteiger partial charge >= 0.3 is 0 Å². The number of amides is 2. The topological polar surface area (TPSA) is 49.4 Å². The van der Waals surface area contributed by atoms with E-state index >= 15 is 0 Å². The van der Waals surface area contributed by atoms with Crippen molar-refractivity contribution in [3.63, 3.8) is 0 Å². The zero-order valence-corrected chi connectivity index (χ0v) is 13.4. The van der Waals surface area contributed by atoms with E-state index < -0.39 is 0 Å². The van der Waals surface area contributed by atoms with Gasteiger partial charge in [-0.2, -0.15) is 0 Å². The van der Waals surface area contributed by atoms with Crippen LogP contribution in [0.25, 0.3) is 0 Å². The van der Waals surface area contributed by atoms with Crippen LogP contribution in [0.1, 0.15) is 30.9 Å². The van der Waals surface area contributed by atoms with Gasteiger partial charge in [0.1, 0.15) is 6.04 Å². The number of aryl methyl sites for hydroxylation is 2. The molecule has 0 bridgehead atoms. The average Bonchev–Trinajstić information content (AvgIpc) is 2.91. The number of carbonyl (C=O) groups is 2. The Morgan fingerprint density at radius 1 is 1.43 bits per heavy atom. The van der Waals surface area contributed by atoms with Gasteiger partial charge in [-0.3, -0.25) is 9.59 Å². The molecule has 0 aliphatic carbocycles. The second-order valence-corrected chi connectivity index (χ2v) is 7.57. The maximum absolute atomic E-state index is 12.6. The van der Waals surface area contributed by atoms with Crippen LogP contribution in [0.15, 0.2) is 18.2 Å². The molecular weight excluding hydrogens is 284 g/mol. The van der Waals surface area contributed by atoms with Gasteiger partial charge in [-0.15, -0.1) is 11.8 Å². The molecule has 0 saturated carbocycles. The van der Waals surface area contributed by atoms with Gasteiger partial charge in [0.2, 0.25) is 11.8 Å². The number of anilines is 1. The van der Waals surface area contributed by atoms with Crippen LogP contribution in [0, 0.1) is 13.8 Å². The summed E-state index contributed by atoms with van der Waals surface area (Å²) in [6, 6.07) is 5.65. The predicted octanol–water partition coefficient (Wildman–Crippen LogP) is 2.70. The first-order chi connectivity index (χ1) is 9.90. The molecule has 21 heavy (non-hydrogen) atoms. The summed E-state index contributed by atoms with van der Waals surface area (Å²) in [6.45, 7) is 6.04. The second kappa shape index (κ2) is 5.05. The zero-order valence-electron chi connectivity index (χ0n) is 12.6. The summed E-state index contributed by atoms with van der Waals surface area (Å²) in [6.07, 6.45) is 1.39. The van der Waals surface area contributed by atoms with Gasteiger partial charge in [-0.25, -0.2) is 0 Å². The molecule has 0 spiro atoms. The molecule has 1 N–H and O–H groups in total. The third-order valence-electron chi connectivity index (χ3n) is 4.40. The number of rotatable bonds is 2. The summed E-state index contributed by atoms with van der Waals surface area (Å²) >= 11 is 1.72. The van der Waals surface area contributed by atoms with E-state index in [2.05, 4.69) is 12.2 Å². The Balaban J connectivity index is 1.80. The summed E-state index contributed by atoms with van der Waals surface area (Å²) in [5.41, 5.74) is 2.99. The van der Waals surface area contributed by atoms with Gasteiger partial charge in [-0.05, 0) is 44.4 Å². The van der Waals surface area contributed by atoms with E-state index in [1.165, 1.54) is 0 Å². The van der Waals surface area contributed by atoms with Gasteiger partial charge < -0.3 is 10.2 Å². The molecule has 0 aromatic heterocycles. The average molecular weight is 304 g/mol. The molecule has 5 heteroatoms. The van der Waals surface area contributed by atoms with E-state index in [1.54, 1.807) is 16.7 Å². The second-order valence-electron chi connectivity index (χ2n) is 6.07. The molecule has 2 saturated heterocycles. The van der Waals surface area contributed by atoms with Crippen LogP contribution < -0.4 is 5.32 Å². The number of benzene rings is 1. The standard InChI is InChI=1S/C16H20N2O2S/c1-10-4-5-11(2)12(8-10)17-15(20)13-9-21-16(3)7-6-14(19)18(13)16/h4-5,8,13H,6-7,9H2,1-3H3,(H,17,20)/t13-,16-/m1/s1. The lowest BCUT2D eigenvalue weighted by atomic mass is 10.1. The monoisotopic (exact) mass is 304 g/mol. The van der Waals surface area contributed by atoms with Gasteiger partial charge in [-0.1, -0.05) is 12.1 Å². The van der Waals surface area contributed by atoms with E-state index in [1.807, 2.05) is 32.0 Å². The Hall–Kier alpha value is -1.49. The lowest BCUT2D eigenvalue weighted by Gasteiger charge is -2.30. The van der Waals surface area contributed by atoms with E-state index in [4.69, 9.17) is 0 Å². The van der Waals surface area contributed by atoms with Crippen LogP contribution >= 0.6 is 11.8 Å². The number of nitrogens with zero attached hydrogens (tertiary/aromatic N) is 1. The lowest BCUT2D eigenvalue weighted by Crippen LogP contribution is -2.48. The summed E-state index contributed by atoms with van der Waals surface area (Å²) < 4.78 is 0. The molecule has 2 amide bonds. The first-order valence-corrected chi connectivity index (χ1v) is 8.23. The van der Waals surface area contributed by atoms with Crippen LogP contribution in [0.3, 0.4) is 0 Å². The first-order valence-electron chi connectivity index (χ1n) is 7.25. The van der Waals surface area contributed by atoms with Crippen molar-refractivity contribution in [1.29, 1.82) is 0 Å². The summed E-state index contributed by atoms with van der Waals surface area (Å²) in [7, 11) is 0. The number of carbonyl (C=O) groups excluding carboxylic acids is 2. The molecule has 2 heterocycles. The minimum Gasteiger partial charge on any atom is -0.324 e. The zero-order chi connectivity index (χ0) is 15.2. The van der Waals surface area contributed by atoms with Crippen molar-refractivity contribution in [2.45, 2.75) is 44.5 Å². The van der Waals surface area contributed by atoms with Crippen LogP contribution in [0.2, 0.25) is 0 Å². The fourth-order valence-corrected chi connectivity index (χ4v) is 4.53. The normalized spacial score (nSPS) is 27.9. The smallest absolute Gasteiger partial charge is 0.248 e. The third-order valence-corrected chi connectivity index (χ3v) is 5.90. The van der Waals surface area contributed by atoms with Crippen LogP contribution in [0.4, 0.5) is 5.69 Å². The Kier molecular flexibility index (Phi) is 3.48. The molecule has 112 valence electrons. The molecule has 2 atom stereocenters. The molecule has 2 fully saturated rings. The summed E-state index contributed by atoms with van der Waals surface area (Å²) in [5.74, 6) is 0.706. The Bertz CT molecular complexity index is 616. The summed E-state index contributed by atoms with van der Waals surface area (Å²) in [5, 5.41) is 3.00. The van der Waals surface area contributed by atoms with Crippen LogP contribution in [-0.4, -0.2) is 33.4 Å². The van der Waals surface area contributed by atoms with Gasteiger partial charge in [0.25, 0.3) is 0 Å². The van der Waals surface area contributed by atoms with Crippen molar-refractivity contribution in [3.05, 3.63) is 29.3 Å². The van der Waals surface area contributed by atoms with E-state index in [-0.39, 0.29) is 22.7 Å². The van der Waals surface area contributed by atoms with Crippen molar-refractivity contribution < 1.29 is 9.59 Å². The van der Waals surface area contributed by atoms with E-state index in [0.717, 1.165) is 23.2 Å². The fourth-order valence-electron chi connectivity index (χ4n) is 3.10. The SMILES string of the molecule is Cc1ccc(C)c(NC(=O)[C@H]2CS[C@]3(C)CCC(=O)N23)c1. The van der Waals surface area contributed by atoms with E-state index in [9.17, 15) is 9.59 Å². The minimum absolute atomic E-state index is 0.0739. The van der Waals surface area contributed by atoms with Crippen LogP contribution in [0.5, 0.6) is 0 Å². The highest BCUT2D eigenvalue weighted by molar-refractivity contribution is 8.01. The molecule has 1 aromatic rings. The van der Waals surface area contributed by atoms with Crippen molar-refractivity contribution >= 4 is 29.3 Å². The minimum atomic E-state index is -0.352. The van der Waals surface area contributed by atoms with Gasteiger partial charge in [0, 0.05) is 17.9 Å². The fraction of sp³-hybridized carbons (Fsp3) is 0.500. The maximum Gasteiger partial charge on any atom is 0.248 e. The van der Waals surface area contributed by atoms with Crippen molar-refractivity contribution in [2.75, 3.05) is 11.1 Å². The summed E-state index contributed by atoms with van der Waals surface area (Å²) in [4.78, 5) is 26.3. The Morgan fingerprint density at radius 3 is 2.95 bits per heavy atom. The number of thioether (sulfide) groups is 1. The molecule has 0 radical (unpaired) electrons. The quantitative estimate of drug-likeness (QED) is 0.914. The highest BCUT2D eigenvalue weighted by Crippen LogP contribution is 2.47. The molecule has 4 nitrogen and oxygen atoms in total. The predicted molar refractivity (Wildman–Crippen MR) is 85.3 cm³/mol. The number of fused-ring (bicyclic) bond motifs is 1. The Labute approximate surface area is 129 Å². The highest BCUT2D eigenvalue weighted by Gasteiger charge is 2.52.